The Morgan fingerprint density at radius 2 is 2.36 bits per heavy atom. The number of rotatable bonds is 8. The first kappa shape index (κ1) is 16.9. The largest absolute Gasteiger partial charge is 0.493 e. The van der Waals surface area contributed by atoms with E-state index in [9.17, 15) is 4.79 Å². The molecular formula is C15H21ClN2O4. The summed E-state index contributed by atoms with van der Waals surface area (Å²) in [6, 6.07) is 3.60. The molecule has 122 valence electrons. The SMILES string of the molecule is COc1cc(CNC[C@@H]2CCCO2)cc(Cl)c1OCC(N)=O. The topological polar surface area (TPSA) is 82.8 Å². The van der Waals surface area contributed by atoms with Crippen molar-refractivity contribution in [2.45, 2.75) is 25.5 Å². The molecule has 0 saturated carbocycles. The van der Waals surface area contributed by atoms with Crippen LogP contribution in [0.2, 0.25) is 5.02 Å². The third-order valence-electron chi connectivity index (χ3n) is 3.37. The van der Waals surface area contributed by atoms with Crippen molar-refractivity contribution in [2.24, 2.45) is 5.73 Å². The molecule has 0 aliphatic carbocycles. The minimum absolute atomic E-state index is 0.243. The molecule has 0 unspecified atom stereocenters. The standard InChI is InChI=1S/C15H21ClN2O4/c1-20-13-6-10(7-18-8-11-3-2-4-21-11)5-12(16)15(13)22-9-14(17)19/h5-6,11,18H,2-4,7-9H2,1H3,(H2,17,19)/t11-/m0/s1. The second kappa shape index (κ2) is 8.22. The van der Waals surface area contributed by atoms with Gasteiger partial charge in [0.05, 0.1) is 18.2 Å². The molecule has 1 heterocycles. The maximum Gasteiger partial charge on any atom is 0.255 e. The van der Waals surface area contributed by atoms with Crippen molar-refractivity contribution in [3.8, 4) is 11.5 Å². The van der Waals surface area contributed by atoms with Crippen molar-refractivity contribution in [3.05, 3.63) is 22.7 Å². The zero-order valence-corrected chi connectivity index (χ0v) is 13.3. The molecule has 2 rings (SSSR count). The highest BCUT2D eigenvalue weighted by atomic mass is 35.5. The molecule has 1 aromatic rings. The predicted molar refractivity (Wildman–Crippen MR) is 83.4 cm³/mol. The quantitative estimate of drug-likeness (QED) is 0.755. The summed E-state index contributed by atoms with van der Waals surface area (Å²) >= 11 is 6.19. The Morgan fingerprint density at radius 3 is 3.00 bits per heavy atom. The minimum Gasteiger partial charge on any atom is -0.493 e. The summed E-state index contributed by atoms with van der Waals surface area (Å²) in [6.45, 7) is 2.05. The van der Waals surface area contributed by atoms with Crippen LogP contribution in [0.1, 0.15) is 18.4 Å². The molecule has 6 nitrogen and oxygen atoms in total. The van der Waals surface area contributed by atoms with Crippen LogP contribution >= 0.6 is 11.6 Å². The van der Waals surface area contributed by atoms with E-state index in [1.165, 1.54) is 7.11 Å². The van der Waals surface area contributed by atoms with Crippen molar-refractivity contribution in [2.75, 3.05) is 26.9 Å². The first-order valence-corrected chi connectivity index (χ1v) is 7.57. The highest BCUT2D eigenvalue weighted by Gasteiger charge is 2.16. The van der Waals surface area contributed by atoms with Crippen LogP contribution in [-0.4, -0.2) is 38.9 Å². The van der Waals surface area contributed by atoms with Gasteiger partial charge in [0, 0.05) is 19.7 Å². The molecule has 1 fully saturated rings. The van der Waals surface area contributed by atoms with Crippen LogP contribution in [0.4, 0.5) is 0 Å². The van der Waals surface area contributed by atoms with Crippen molar-refractivity contribution in [1.82, 2.24) is 5.32 Å². The van der Waals surface area contributed by atoms with E-state index in [0.29, 0.717) is 23.1 Å². The number of nitrogens with one attached hydrogen (secondary N) is 1. The number of carbonyl (C=O) groups is 1. The summed E-state index contributed by atoms with van der Waals surface area (Å²) in [4.78, 5) is 10.8. The number of benzene rings is 1. The lowest BCUT2D eigenvalue weighted by molar-refractivity contribution is -0.119. The summed E-state index contributed by atoms with van der Waals surface area (Å²) < 4.78 is 16.1. The van der Waals surface area contributed by atoms with E-state index in [1.54, 1.807) is 6.07 Å². The van der Waals surface area contributed by atoms with Gasteiger partial charge in [0.2, 0.25) is 0 Å². The number of amides is 1. The Hall–Kier alpha value is -1.50. The summed E-state index contributed by atoms with van der Waals surface area (Å²) in [7, 11) is 1.52. The molecular weight excluding hydrogens is 308 g/mol. The van der Waals surface area contributed by atoms with E-state index < -0.39 is 5.91 Å². The Morgan fingerprint density at radius 1 is 1.55 bits per heavy atom. The molecule has 1 aliphatic rings. The fourth-order valence-electron chi connectivity index (χ4n) is 2.34. The van der Waals surface area contributed by atoms with Gasteiger partial charge in [0.25, 0.3) is 5.91 Å². The van der Waals surface area contributed by atoms with Gasteiger partial charge in [-0.3, -0.25) is 4.79 Å². The van der Waals surface area contributed by atoms with Gasteiger partial charge in [-0.25, -0.2) is 0 Å². The molecule has 7 heteroatoms. The number of hydrogen-bond donors (Lipinski definition) is 2. The zero-order valence-electron chi connectivity index (χ0n) is 12.6. The summed E-state index contributed by atoms with van der Waals surface area (Å²) in [5.41, 5.74) is 6.03. The smallest absolute Gasteiger partial charge is 0.255 e. The summed E-state index contributed by atoms with van der Waals surface area (Å²) in [5.74, 6) is 0.230. The van der Waals surface area contributed by atoms with Gasteiger partial charge >= 0.3 is 0 Å². The second-order valence-electron chi connectivity index (χ2n) is 5.13. The lowest BCUT2D eigenvalue weighted by Gasteiger charge is -2.15. The number of carbonyl (C=O) groups excluding carboxylic acids is 1. The van der Waals surface area contributed by atoms with E-state index in [-0.39, 0.29) is 12.7 Å². The molecule has 22 heavy (non-hydrogen) atoms. The van der Waals surface area contributed by atoms with E-state index in [2.05, 4.69) is 5.32 Å². The Kier molecular flexibility index (Phi) is 6.30. The molecule has 1 aromatic carbocycles. The predicted octanol–water partition coefficient (Wildman–Crippen LogP) is 1.48. The van der Waals surface area contributed by atoms with E-state index in [1.807, 2.05) is 6.07 Å². The maximum atomic E-state index is 10.8. The lowest BCUT2D eigenvalue weighted by atomic mass is 10.2. The molecule has 0 radical (unpaired) electrons. The van der Waals surface area contributed by atoms with Crippen LogP contribution in [-0.2, 0) is 16.1 Å². The minimum atomic E-state index is -0.569. The Bertz CT molecular complexity index is 519. The molecule has 0 bridgehead atoms. The van der Waals surface area contributed by atoms with Crippen LogP contribution in [0.5, 0.6) is 11.5 Å². The molecule has 0 spiro atoms. The van der Waals surface area contributed by atoms with Crippen molar-refractivity contribution in [3.63, 3.8) is 0 Å². The fraction of sp³-hybridized carbons (Fsp3) is 0.533. The average molecular weight is 329 g/mol. The molecule has 0 aromatic heterocycles. The average Bonchev–Trinajstić information content (AvgIpc) is 2.98. The molecule has 1 aliphatic heterocycles. The molecule has 1 atom stereocenters. The van der Waals surface area contributed by atoms with E-state index in [0.717, 1.165) is 31.6 Å². The maximum absolute atomic E-state index is 10.8. The van der Waals surface area contributed by atoms with Gasteiger partial charge in [0.1, 0.15) is 0 Å². The van der Waals surface area contributed by atoms with Gasteiger partial charge in [-0.05, 0) is 30.5 Å². The third kappa shape index (κ3) is 4.76. The number of primary amides is 1. The van der Waals surface area contributed by atoms with Gasteiger partial charge < -0.3 is 25.3 Å². The Labute approximate surface area is 134 Å². The van der Waals surface area contributed by atoms with Gasteiger partial charge in [-0.1, -0.05) is 11.6 Å². The number of nitrogens with two attached hydrogens (primary N) is 1. The second-order valence-corrected chi connectivity index (χ2v) is 5.54. The summed E-state index contributed by atoms with van der Waals surface area (Å²) in [5, 5.41) is 3.72. The van der Waals surface area contributed by atoms with E-state index in [4.69, 9.17) is 31.5 Å². The monoisotopic (exact) mass is 328 g/mol. The number of hydrogen-bond acceptors (Lipinski definition) is 5. The van der Waals surface area contributed by atoms with E-state index >= 15 is 0 Å². The number of methoxy groups -OCH3 is 1. The fourth-order valence-corrected chi connectivity index (χ4v) is 2.63. The number of ether oxygens (including phenoxy) is 3. The van der Waals surface area contributed by atoms with Gasteiger partial charge in [0.15, 0.2) is 18.1 Å². The Balaban J connectivity index is 1.96. The van der Waals surface area contributed by atoms with Crippen molar-refractivity contribution >= 4 is 17.5 Å². The highest BCUT2D eigenvalue weighted by molar-refractivity contribution is 6.32. The van der Waals surface area contributed by atoms with Crippen molar-refractivity contribution < 1.29 is 19.0 Å². The van der Waals surface area contributed by atoms with Crippen LogP contribution in [0.25, 0.3) is 0 Å². The van der Waals surface area contributed by atoms with Gasteiger partial charge in [-0.2, -0.15) is 0 Å². The first-order valence-electron chi connectivity index (χ1n) is 7.20. The van der Waals surface area contributed by atoms with Crippen LogP contribution in [0, 0.1) is 0 Å². The normalized spacial score (nSPS) is 17.5. The molecule has 1 saturated heterocycles. The number of halogens is 1. The molecule has 1 amide bonds. The summed E-state index contributed by atoms with van der Waals surface area (Å²) in [6.07, 6.45) is 2.50. The van der Waals surface area contributed by atoms with Crippen molar-refractivity contribution in [1.29, 1.82) is 0 Å². The zero-order chi connectivity index (χ0) is 15.9. The third-order valence-corrected chi connectivity index (χ3v) is 3.65. The van der Waals surface area contributed by atoms with Crippen LogP contribution in [0.15, 0.2) is 12.1 Å². The first-order chi connectivity index (χ1) is 10.6. The van der Waals surface area contributed by atoms with Crippen LogP contribution < -0.4 is 20.5 Å². The lowest BCUT2D eigenvalue weighted by Crippen LogP contribution is -2.25. The molecule has 3 N–H and O–H groups in total. The van der Waals surface area contributed by atoms with Crippen LogP contribution in [0.3, 0.4) is 0 Å². The van der Waals surface area contributed by atoms with Gasteiger partial charge in [-0.15, -0.1) is 0 Å². The highest BCUT2D eigenvalue weighted by Crippen LogP contribution is 2.36.